The van der Waals surface area contributed by atoms with Crippen LogP contribution in [0.25, 0.3) is 0 Å². The zero-order valence-electron chi connectivity index (χ0n) is 11.2. The summed E-state index contributed by atoms with van der Waals surface area (Å²) < 4.78 is 5.33. The number of carbonyl (C=O) groups is 2. The van der Waals surface area contributed by atoms with Crippen molar-refractivity contribution in [3.05, 3.63) is 23.8 Å². The minimum Gasteiger partial charge on any atom is -0.458 e. The first-order valence-electron chi connectivity index (χ1n) is 6.64. The van der Waals surface area contributed by atoms with Gasteiger partial charge in [-0.2, -0.15) is 0 Å². The van der Waals surface area contributed by atoms with E-state index in [1.807, 2.05) is 13.8 Å². The monoisotopic (exact) mass is 262 g/mol. The Morgan fingerprint density at radius 2 is 2.16 bits per heavy atom. The van der Waals surface area contributed by atoms with E-state index in [4.69, 9.17) is 4.74 Å². The first kappa shape index (κ1) is 12.6. The Labute approximate surface area is 112 Å². The maximum atomic E-state index is 11.8. The Kier molecular flexibility index (Phi) is 2.52. The molecule has 0 aromatic rings. The van der Waals surface area contributed by atoms with Crippen LogP contribution < -0.4 is 0 Å². The third-order valence-electron chi connectivity index (χ3n) is 5.16. The van der Waals surface area contributed by atoms with Crippen LogP contribution in [0.1, 0.15) is 26.7 Å². The Bertz CT molecular complexity index is 518. The average Bonchev–Trinajstić information content (AvgIpc) is 2.60. The van der Waals surface area contributed by atoms with Crippen molar-refractivity contribution in [1.29, 1.82) is 0 Å². The molecule has 3 rings (SSSR count). The van der Waals surface area contributed by atoms with Crippen molar-refractivity contribution in [2.75, 3.05) is 0 Å². The van der Waals surface area contributed by atoms with Gasteiger partial charge in [0, 0.05) is 16.9 Å². The normalized spacial score (nSPS) is 45.4. The third-order valence-corrected chi connectivity index (χ3v) is 5.16. The van der Waals surface area contributed by atoms with Crippen LogP contribution in [0.3, 0.4) is 0 Å². The second-order valence-electron chi connectivity index (χ2n) is 6.27. The van der Waals surface area contributed by atoms with Gasteiger partial charge in [0.15, 0.2) is 5.78 Å². The fourth-order valence-corrected chi connectivity index (χ4v) is 3.99. The number of fused-ring (bicyclic) bond motifs is 2. The topological polar surface area (TPSA) is 63.6 Å². The van der Waals surface area contributed by atoms with Gasteiger partial charge in [0.05, 0.1) is 0 Å². The molecule has 0 amide bonds. The third kappa shape index (κ3) is 1.56. The lowest BCUT2D eigenvalue weighted by Gasteiger charge is -2.49. The predicted molar refractivity (Wildman–Crippen MR) is 68.1 cm³/mol. The van der Waals surface area contributed by atoms with Crippen molar-refractivity contribution in [3.63, 3.8) is 0 Å². The van der Waals surface area contributed by atoms with Crippen LogP contribution in [0.15, 0.2) is 23.8 Å². The minimum absolute atomic E-state index is 0.0225. The van der Waals surface area contributed by atoms with Gasteiger partial charge in [-0.25, -0.2) is 4.79 Å². The molecule has 102 valence electrons. The van der Waals surface area contributed by atoms with Gasteiger partial charge in [-0.3, -0.25) is 4.79 Å². The van der Waals surface area contributed by atoms with E-state index in [0.29, 0.717) is 12.0 Å². The Morgan fingerprint density at radius 3 is 2.84 bits per heavy atom. The molecule has 0 aromatic heterocycles. The lowest BCUT2D eigenvalue weighted by Crippen LogP contribution is -2.53. The molecule has 4 nitrogen and oxygen atoms in total. The van der Waals surface area contributed by atoms with Crippen LogP contribution in [0, 0.1) is 17.3 Å². The van der Waals surface area contributed by atoms with Gasteiger partial charge in [0.25, 0.3) is 0 Å². The number of hydrogen-bond acceptors (Lipinski definition) is 4. The van der Waals surface area contributed by atoms with E-state index in [1.165, 1.54) is 6.08 Å². The summed E-state index contributed by atoms with van der Waals surface area (Å²) in [5.41, 5.74) is 0.983. The molecule has 0 radical (unpaired) electrons. The van der Waals surface area contributed by atoms with Crippen molar-refractivity contribution in [3.8, 4) is 0 Å². The predicted octanol–water partition coefficient (Wildman–Crippen LogP) is 1.39. The SMILES string of the molecule is C=C1C(=O)O[C@@H]2C[C@@]3(C)[C@H](O)C(=O)C=C(C)[C@H]3C[C@@H]12. The molecule has 1 heterocycles. The maximum absolute atomic E-state index is 11.8. The van der Waals surface area contributed by atoms with E-state index < -0.39 is 11.5 Å². The number of ether oxygens (including phenoxy) is 1. The molecule has 0 aromatic carbocycles. The average molecular weight is 262 g/mol. The minimum atomic E-state index is -1.00. The van der Waals surface area contributed by atoms with E-state index in [9.17, 15) is 14.7 Å². The van der Waals surface area contributed by atoms with E-state index in [1.54, 1.807) is 0 Å². The zero-order valence-corrected chi connectivity index (χ0v) is 11.2. The summed E-state index contributed by atoms with van der Waals surface area (Å²) in [5, 5.41) is 10.2. The number of rotatable bonds is 0. The summed E-state index contributed by atoms with van der Waals surface area (Å²) in [7, 11) is 0. The van der Waals surface area contributed by atoms with Crippen LogP contribution >= 0.6 is 0 Å². The highest BCUT2D eigenvalue weighted by atomic mass is 16.6. The van der Waals surface area contributed by atoms with Crippen molar-refractivity contribution in [1.82, 2.24) is 0 Å². The molecule has 0 spiro atoms. The van der Waals surface area contributed by atoms with Gasteiger partial charge >= 0.3 is 5.97 Å². The highest BCUT2D eigenvalue weighted by molar-refractivity contribution is 5.96. The lowest BCUT2D eigenvalue weighted by atomic mass is 9.55. The molecule has 1 saturated carbocycles. The van der Waals surface area contributed by atoms with E-state index >= 15 is 0 Å². The summed E-state index contributed by atoms with van der Waals surface area (Å²) in [6.07, 6.45) is 1.53. The molecule has 0 unspecified atom stereocenters. The fourth-order valence-electron chi connectivity index (χ4n) is 3.99. The molecule has 4 heteroatoms. The quantitative estimate of drug-likeness (QED) is 0.529. The van der Waals surface area contributed by atoms with Crippen molar-refractivity contribution < 1.29 is 19.4 Å². The van der Waals surface area contributed by atoms with E-state index in [0.717, 1.165) is 12.0 Å². The van der Waals surface area contributed by atoms with Crippen molar-refractivity contribution in [2.24, 2.45) is 17.3 Å². The Balaban J connectivity index is 2.01. The largest absolute Gasteiger partial charge is 0.458 e. The lowest BCUT2D eigenvalue weighted by molar-refractivity contribution is -0.148. The van der Waals surface area contributed by atoms with Gasteiger partial charge in [-0.15, -0.1) is 0 Å². The molecule has 2 aliphatic carbocycles. The standard InChI is InChI=1S/C15H18O4/c1-7-4-11(16)13(17)15(3)6-12-9(5-10(7)15)8(2)14(18)19-12/h4,9-10,12-13,17H,2,5-6H2,1,3H3/t9-,10+,12+,13+,15+/m0/s1. The number of esters is 1. The molecule has 1 saturated heterocycles. The van der Waals surface area contributed by atoms with Gasteiger partial charge < -0.3 is 9.84 Å². The summed E-state index contributed by atoms with van der Waals surface area (Å²) >= 11 is 0. The number of aliphatic hydroxyl groups excluding tert-OH is 1. The Morgan fingerprint density at radius 1 is 1.47 bits per heavy atom. The molecule has 5 atom stereocenters. The van der Waals surface area contributed by atoms with Gasteiger partial charge in [-0.1, -0.05) is 19.1 Å². The molecule has 0 bridgehead atoms. The smallest absolute Gasteiger partial charge is 0.334 e. The molecule has 1 N–H and O–H groups in total. The summed E-state index contributed by atoms with van der Waals surface area (Å²) in [6, 6.07) is 0. The summed E-state index contributed by atoms with van der Waals surface area (Å²) in [6.45, 7) is 7.66. The van der Waals surface area contributed by atoms with E-state index in [2.05, 4.69) is 6.58 Å². The molecular formula is C15H18O4. The Hall–Kier alpha value is -1.42. The first-order valence-corrected chi connectivity index (χ1v) is 6.64. The van der Waals surface area contributed by atoms with Crippen molar-refractivity contribution in [2.45, 2.75) is 38.9 Å². The van der Waals surface area contributed by atoms with Crippen LogP contribution in [0.4, 0.5) is 0 Å². The maximum Gasteiger partial charge on any atom is 0.334 e. The highest BCUT2D eigenvalue weighted by Crippen LogP contribution is 2.54. The first-order chi connectivity index (χ1) is 8.84. The van der Waals surface area contributed by atoms with Crippen LogP contribution in [-0.2, 0) is 14.3 Å². The van der Waals surface area contributed by atoms with Gasteiger partial charge in [0.1, 0.15) is 12.2 Å². The van der Waals surface area contributed by atoms with Crippen molar-refractivity contribution >= 4 is 11.8 Å². The van der Waals surface area contributed by atoms with Gasteiger partial charge in [-0.05, 0) is 31.8 Å². The highest BCUT2D eigenvalue weighted by Gasteiger charge is 2.56. The molecule has 19 heavy (non-hydrogen) atoms. The molecular weight excluding hydrogens is 244 g/mol. The summed E-state index contributed by atoms with van der Waals surface area (Å²) in [5.74, 6) is -0.445. The fraction of sp³-hybridized carbons (Fsp3) is 0.600. The number of aliphatic hydroxyl groups is 1. The van der Waals surface area contributed by atoms with Crippen LogP contribution in [0.5, 0.6) is 0 Å². The number of carbonyl (C=O) groups excluding carboxylic acids is 2. The second kappa shape index (κ2) is 3.79. The summed E-state index contributed by atoms with van der Waals surface area (Å²) in [4.78, 5) is 23.4. The van der Waals surface area contributed by atoms with Gasteiger partial charge in [0.2, 0.25) is 0 Å². The molecule has 1 aliphatic heterocycles. The number of hydrogen-bond donors (Lipinski definition) is 1. The molecule has 2 fully saturated rings. The second-order valence-corrected chi connectivity index (χ2v) is 6.27. The van der Waals surface area contributed by atoms with Crippen LogP contribution in [0.2, 0.25) is 0 Å². The van der Waals surface area contributed by atoms with E-state index in [-0.39, 0.29) is 29.7 Å². The molecule has 3 aliphatic rings. The van der Waals surface area contributed by atoms with Crippen LogP contribution in [-0.4, -0.2) is 29.1 Å². The zero-order chi connectivity index (χ0) is 13.9. The number of ketones is 1. The number of allylic oxidation sites excluding steroid dienone is 1.